The molecular formula is C16H24N4O. The summed E-state index contributed by atoms with van der Waals surface area (Å²) < 4.78 is 0. The van der Waals surface area contributed by atoms with Crippen LogP contribution in [0.5, 0.6) is 0 Å². The fourth-order valence-corrected chi connectivity index (χ4v) is 3.61. The van der Waals surface area contributed by atoms with E-state index in [0.717, 1.165) is 37.7 Å². The van der Waals surface area contributed by atoms with Gasteiger partial charge in [0.2, 0.25) is 0 Å². The van der Waals surface area contributed by atoms with Gasteiger partial charge in [-0.3, -0.25) is 4.79 Å². The predicted octanol–water partition coefficient (Wildman–Crippen LogP) is 1.35. The second-order valence-corrected chi connectivity index (χ2v) is 6.60. The van der Waals surface area contributed by atoms with Gasteiger partial charge < -0.3 is 15.5 Å². The fraction of sp³-hybridized carbons (Fsp3) is 0.625. The third kappa shape index (κ3) is 2.88. The molecule has 1 aromatic rings. The van der Waals surface area contributed by atoms with Gasteiger partial charge in [0, 0.05) is 39.4 Å². The van der Waals surface area contributed by atoms with Crippen molar-refractivity contribution in [2.24, 2.45) is 17.6 Å². The number of carbonyl (C=O) groups is 1. The molecule has 1 saturated heterocycles. The Morgan fingerprint density at radius 1 is 1.29 bits per heavy atom. The summed E-state index contributed by atoms with van der Waals surface area (Å²) >= 11 is 0. The molecule has 2 aliphatic rings. The Labute approximate surface area is 126 Å². The van der Waals surface area contributed by atoms with E-state index < -0.39 is 0 Å². The maximum absolute atomic E-state index is 11.9. The predicted molar refractivity (Wildman–Crippen MR) is 83.3 cm³/mol. The first kappa shape index (κ1) is 14.3. The minimum Gasteiger partial charge on any atom is -0.356 e. The van der Waals surface area contributed by atoms with Gasteiger partial charge in [0.05, 0.1) is 5.56 Å². The van der Waals surface area contributed by atoms with E-state index in [1.165, 1.54) is 6.42 Å². The first-order valence-electron chi connectivity index (χ1n) is 7.73. The van der Waals surface area contributed by atoms with Crippen molar-refractivity contribution in [2.75, 3.05) is 32.1 Å². The Hall–Kier alpha value is -1.62. The van der Waals surface area contributed by atoms with E-state index in [1.54, 1.807) is 25.2 Å². The average molecular weight is 288 g/mol. The lowest BCUT2D eigenvalue weighted by atomic mass is 9.79. The van der Waals surface area contributed by atoms with Crippen molar-refractivity contribution in [1.82, 2.24) is 9.88 Å². The number of anilines is 1. The van der Waals surface area contributed by atoms with Crippen molar-refractivity contribution in [2.45, 2.75) is 25.3 Å². The van der Waals surface area contributed by atoms with E-state index in [1.807, 2.05) is 12.1 Å². The van der Waals surface area contributed by atoms with Gasteiger partial charge in [-0.15, -0.1) is 0 Å². The monoisotopic (exact) mass is 288 g/mol. The Bertz CT molecular complexity index is 514. The van der Waals surface area contributed by atoms with Crippen LogP contribution in [0, 0.1) is 11.8 Å². The number of nitrogens with two attached hydrogens (primary N) is 1. The zero-order valence-electron chi connectivity index (χ0n) is 12.8. The van der Waals surface area contributed by atoms with Crippen LogP contribution in [-0.4, -0.2) is 49.0 Å². The highest BCUT2D eigenvalue weighted by Crippen LogP contribution is 2.37. The van der Waals surface area contributed by atoms with Crippen LogP contribution >= 0.6 is 0 Å². The van der Waals surface area contributed by atoms with E-state index in [-0.39, 0.29) is 5.91 Å². The SMILES string of the molecule is CN(C)C(=O)c1ccc(N2C[C@H]3CCC(N)C[C@H]3C2)nc1. The lowest BCUT2D eigenvalue weighted by Gasteiger charge is -2.27. The van der Waals surface area contributed by atoms with Crippen molar-refractivity contribution in [3.05, 3.63) is 23.9 Å². The molecule has 0 bridgehead atoms. The summed E-state index contributed by atoms with van der Waals surface area (Å²) in [5.74, 6) is 2.44. The number of fused-ring (bicyclic) bond motifs is 1. The van der Waals surface area contributed by atoms with Crippen LogP contribution < -0.4 is 10.6 Å². The topological polar surface area (TPSA) is 62.5 Å². The quantitative estimate of drug-likeness (QED) is 0.892. The van der Waals surface area contributed by atoms with Crippen molar-refractivity contribution in [3.63, 3.8) is 0 Å². The molecule has 1 aliphatic heterocycles. The van der Waals surface area contributed by atoms with E-state index >= 15 is 0 Å². The largest absolute Gasteiger partial charge is 0.356 e. The van der Waals surface area contributed by atoms with Gasteiger partial charge >= 0.3 is 0 Å². The Kier molecular flexibility index (Phi) is 3.85. The number of hydrogen-bond donors (Lipinski definition) is 1. The normalized spacial score (nSPS) is 28.3. The molecule has 2 heterocycles. The molecule has 3 atom stereocenters. The molecule has 2 fully saturated rings. The Morgan fingerprint density at radius 2 is 2.05 bits per heavy atom. The average Bonchev–Trinajstić information content (AvgIpc) is 2.89. The molecule has 21 heavy (non-hydrogen) atoms. The standard InChI is InChI=1S/C16H24N4O/c1-19(2)16(21)11-4-6-15(18-8-11)20-9-12-3-5-14(17)7-13(12)10-20/h4,6,8,12-14H,3,5,7,9-10,17H2,1-2H3/t12-,13+,14?/m1/s1. The smallest absolute Gasteiger partial charge is 0.254 e. The van der Waals surface area contributed by atoms with Gasteiger partial charge in [-0.2, -0.15) is 0 Å². The molecule has 1 amide bonds. The molecule has 1 saturated carbocycles. The summed E-state index contributed by atoms with van der Waals surface area (Å²) in [5.41, 5.74) is 6.72. The van der Waals surface area contributed by atoms with Crippen LogP contribution in [0.3, 0.4) is 0 Å². The van der Waals surface area contributed by atoms with Crippen LogP contribution in [0.1, 0.15) is 29.6 Å². The van der Waals surface area contributed by atoms with Gasteiger partial charge in [0.1, 0.15) is 5.82 Å². The van der Waals surface area contributed by atoms with E-state index in [4.69, 9.17) is 5.73 Å². The highest BCUT2D eigenvalue weighted by Gasteiger charge is 2.37. The third-order valence-electron chi connectivity index (χ3n) is 4.82. The molecule has 1 unspecified atom stereocenters. The molecule has 1 aromatic heterocycles. The molecule has 1 aliphatic carbocycles. The summed E-state index contributed by atoms with van der Waals surface area (Å²) in [6.45, 7) is 2.12. The number of amides is 1. The summed E-state index contributed by atoms with van der Waals surface area (Å²) in [7, 11) is 3.51. The number of hydrogen-bond acceptors (Lipinski definition) is 4. The molecule has 5 nitrogen and oxygen atoms in total. The zero-order valence-corrected chi connectivity index (χ0v) is 12.8. The molecule has 3 rings (SSSR count). The number of carbonyl (C=O) groups excluding carboxylic acids is 1. The maximum atomic E-state index is 11.9. The Balaban J connectivity index is 1.69. The summed E-state index contributed by atoms with van der Waals surface area (Å²) in [4.78, 5) is 20.3. The zero-order chi connectivity index (χ0) is 15.0. The lowest BCUT2D eigenvalue weighted by molar-refractivity contribution is 0.0827. The minimum atomic E-state index is -0.00452. The fourth-order valence-electron chi connectivity index (χ4n) is 3.61. The molecule has 114 valence electrons. The lowest BCUT2D eigenvalue weighted by Crippen LogP contribution is -2.32. The molecule has 0 spiro atoms. The third-order valence-corrected chi connectivity index (χ3v) is 4.82. The van der Waals surface area contributed by atoms with E-state index in [9.17, 15) is 4.79 Å². The molecule has 2 N–H and O–H groups in total. The molecule has 5 heteroatoms. The first-order valence-corrected chi connectivity index (χ1v) is 7.73. The highest BCUT2D eigenvalue weighted by molar-refractivity contribution is 5.93. The number of pyridine rings is 1. The summed E-state index contributed by atoms with van der Waals surface area (Å²) in [5, 5.41) is 0. The Morgan fingerprint density at radius 3 is 2.71 bits per heavy atom. The van der Waals surface area contributed by atoms with Crippen molar-refractivity contribution < 1.29 is 4.79 Å². The van der Waals surface area contributed by atoms with Gasteiger partial charge in [0.15, 0.2) is 0 Å². The molecule has 0 radical (unpaired) electrons. The summed E-state index contributed by atoms with van der Waals surface area (Å²) in [6, 6.07) is 4.21. The summed E-state index contributed by atoms with van der Waals surface area (Å²) in [6.07, 6.45) is 5.21. The van der Waals surface area contributed by atoms with Crippen molar-refractivity contribution in [1.29, 1.82) is 0 Å². The van der Waals surface area contributed by atoms with Crippen LogP contribution in [0.25, 0.3) is 0 Å². The van der Waals surface area contributed by atoms with Crippen LogP contribution in [0.2, 0.25) is 0 Å². The second-order valence-electron chi connectivity index (χ2n) is 6.60. The number of aromatic nitrogens is 1. The van der Waals surface area contributed by atoms with Crippen molar-refractivity contribution in [3.8, 4) is 0 Å². The van der Waals surface area contributed by atoms with E-state index in [2.05, 4.69) is 9.88 Å². The van der Waals surface area contributed by atoms with Gasteiger partial charge in [0.25, 0.3) is 5.91 Å². The van der Waals surface area contributed by atoms with Crippen molar-refractivity contribution >= 4 is 11.7 Å². The minimum absolute atomic E-state index is 0.00452. The maximum Gasteiger partial charge on any atom is 0.254 e. The van der Waals surface area contributed by atoms with Crippen LogP contribution in [0.15, 0.2) is 18.3 Å². The van der Waals surface area contributed by atoms with E-state index in [0.29, 0.717) is 17.5 Å². The second kappa shape index (κ2) is 5.64. The van der Waals surface area contributed by atoms with Crippen LogP contribution in [-0.2, 0) is 0 Å². The van der Waals surface area contributed by atoms with Gasteiger partial charge in [-0.1, -0.05) is 0 Å². The van der Waals surface area contributed by atoms with Crippen LogP contribution in [0.4, 0.5) is 5.82 Å². The molecular weight excluding hydrogens is 264 g/mol. The first-order chi connectivity index (χ1) is 10.0. The van der Waals surface area contributed by atoms with Gasteiger partial charge in [-0.25, -0.2) is 4.98 Å². The highest BCUT2D eigenvalue weighted by atomic mass is 16.2. The number of nitrogens with zero attached hydrogens (tertiary/aromatic N) is 3. The molecule has 0 aromatic carbocycles. The number of rotatable bonds is 2. The van der Waals surface area contributed by atoms with Gasteiger partial charge in [-0.05, 0) is 43.2 Å².